The summed E-state index contributed by atoms with van der Waals surface area (Å²) in [5.41, 5.74) is 9.53. The van der Waals surface area contributed by atoms with E-state index in [-0.39, 0.29) is 0 Å². The zero-order valence-corrected chi connectivity index (χ0v) is 19.3. The van der Waals surface area contributed by atoms with Gasteiger partial charge in [-0.2, -0.15) is 0 Å². The first-order chi connectivity index (χ1) is 9.81. The van der Waals surface area contributed by atoms with Crippen LogP contribution in [0, 0.1) is 11.8 Å². The summed E-state index contributed by atoms with van der Waals surface area (Å²) in [4.78, 5) is 0. The molecule has 0 aliphatic heterocycles. The fraction of sp³-hybridized carbons (Fsp3) is 0.600. The number of hydrogen-bond acceptors (Lipinski definition) is 0. The fourth-order valence-electron chi connectivity index (χ4n) is 5.46. The summed E-state index contributed by atoms with van der Waals surface area (Å²) in [5.74, 6) is 1.27. The van der Waals surface area contributed by atoms with Crippen molar-refractivity contribution < 1.29 is 14.0 Å². The Hall–Kier alpha value is -0.109. The molecule has 22 heavy (non-hydrogen) atoms. The van der Waals surface area contributed by atoms with Gasteiger partial charge in [-0.3, -0.25) is 0 Å². The van der Waals surface area contributed by atoms with E-state index in [2.05, 4.69) is 73.5 Å². The van der Waals surface area contributed by atoms with E-state index in [4.69, 9.17) is 0 Å². The second-order valence-corrected chi connectivity index (χ2v) is 27.6. The van der Waals surface area contributed by atoms with Gasteiger partial charge in [0.25, 0.3) is 0 Å². The van der Waals surface area contributed by atoms with Crippen LogP contribution in [0.25, 0.3) is 0 Å². The number of hydrogen-bond donors (Lipinski definition) is 0. The molecule has 0 aromatic carbocycles. The van der Waals surface area contributed by atoms with Crippen LogP contribution in [0.2, 0.25) is 10.5 Å². The molecule has 0 fully saturated rings. The average molecular weight is 350 g/mol. The first-order valence-corrected chi connectivity index (χ1v) is 17.4. The van der Waals surface area contributed by atoms with Crippen LogP contribution >= 0.6 is 0 Å². The van der Waals surface area contributed by atoms with Crippen LogP contribution in [0.5, 0.6) is 0 Å². The van der Waals surface area contributed by atoms with E-state index >= 15 is 0 Å². The molecule has 2 aliphatic carbocycles. The van der Waals surface area contributed by atoms with Crippen molar-refractivity contribution in [1.82, 2.24) is 0 Å². The maximum atomic E-state index is 2.66. The van der Waals surface area contributed by atoms with E-state index in [0.717, 1.165) is 0 Å². The summed E-state index contributed by atoms with van der Waals surface area (Å²) < 4.78 is 3.66. The molecule has 2 aliphatic rings. The zero-order chi connectivity index (χ0) is 17.2. The van der Waals surface area contributed by atoms with Gasteiger partial charge in [0.15, 0.2) is 0 Å². The number of allylic oxidation sites excluding steroid dienone is 8. The van der Waals surface area contributed by atoms with Crippen molar-refractivity contribution in [3.63, 3.8) is 0 Å². The molecule has 0 aromatic rings. The van der Waals surface area contributed by atoms with Crippen LogP contribution in [0.3, 0.4) is 0 Å². The average Bonchev–Trinajstić information content (AvgIpc) is 2.71. The van der Waals surface area contributed by atoms with Gasteiger partial charge >= 0.3 is 141 Å². The Morgan fingerprint density at radius 2 is 0.909 bits per heavy atom. The van der Waals surface area contributed by atoms with Crippen molar-refractivity contribution in [2.24, 2.45) is 11.8 Å². The molecular formula is C20H34SiTi. The minimum atomic E-state index is -2.87. The Bertz CT molecular complexity index is 689. The van der Waals surface area contributed by atoms with E-state index in [9.17, 15) is 0 Å². The molecule has 0 saturated carbocycles. The molecule has 2 rings (SSSR count). The van der Waals surface area contributed by atoms with Gasteiger partial charge in [0.05, 0.1) is 0 Å². The molecule has 0 saturated heterocycles. The van der Waals surface area contributed by atoms with Crippen LogP contribution in [0.4, 0.5) is 0 Å². The molecule has 0 spiro atoms. The molecule has 2 heteroatoms. The molecule has 0 N–H and O–H groups in total. The first-order valence-electron chi connectivity index (χ1n) is 8.66. The van der Waals surface area contributed by atoms with E-state index < -0.39 is 14.0 Å². The topological polar surface area (TPSA) is 0 Å². The Morgan fingerprint density at radius 1 is 0.636 bits per heavy atom. The van der Waals surface area contributed by atoms with Crippen molar-refractivity contribution in [3.8, 4) is 0 Å². The molecule has 0 radical (unpaired) electrons. The van der Waals surface area contributed by atoms with Gasteiger partial charge < -0.3 is 0 Å². The fourth-order valence-corrected chi connectivity index (χ4v) is 20.0. The Labute approximate surface area is 140 Å². The predicted octanol–water partition coefficient (Wildman–Crippen LogP) is 5.84. The molecule has 2 atom stereocenters. The summed E-state index contributed by atoms with van der Waals surface area (Å²) in [7, 11) is 2.39. The summed E-state index contributed by atoms with van der Waals surface area (Å²) >= 11 is -2.87. The summed E-state index contributed by atoms with van der Waals surface area (Å²) in [6, 6.07) is 0. The van der Waals surface area contributed by atoms with Gasteiger partial charge in [-0.1, -0.05) is 0 Å². The van der Waals surface area contributed by atoms with Crippen molar-refractivity contribution in [2.75, 3.05) is 0 Å². The normalized spacial score (nSPS) is 27.8. The molecule has 2 unspecified atom stereocenters. The molecule has 0 bridgehead atoms. The quantitative estimate of drug-likeness (QED) is 0.549. The van der Waals surface area contributed by atoms with Gasteiger partial charge in [-0.15, -0.1) is 0 Å². The maximum absolute atomic E-state index is 2.87. The monoisotopic (exact) mass is 350 g/mol. The van der Waals surface area contributed by atoms with Crippen LogP contribution in [0.15, 0.2) is 41.2 Å². The molecule has 0 aromatic heterocycles. The van der Waals surface area contributed by atoms with Crippen LogP contribution in [0.1, 0.15) is 55.4 Å². The van der Waals surface area contributed by atoms with E-state index in [1.807, 2.05) is 7.76 Å². The molecule has 0 nitrogen and oxygen atoms in total. The predicted molar refractivity (Wildman–Crippen MR) is 101 cm³/mol. The molecular weight excluding hydrogens is 316 g/mol. The van der Waals surface area contributed by atoms with E-state index in [0.29, 0.717) is 11.8 Å². The van der Waals surface area contributed by atoms with Gasteiger partial charge in [0, 0.05) is 0 Å². The summed E-state index contributed by atoms with van der Waals surface area (Å²) in [6.07, 6.45) is 0. The van der Waals surface area contributed by atoms with Crippen LogP contribution in [-0.4, -0.2) is 7.63 Å². The third-order valence-corrected chi connectivity index (χ3v) is 18.1. The van der Waals surface area contributed by atoms with Gasteiger partial charge in [0.1, 0.15) is 0 Å². The standard InChI is InChI=1S/2C9H13.2CH3.H2Si.Ti/c2*1-6-5-7(2)9(4)8(6)3;;;;/h2*6H,1-4H3;2*1H3;1H2;. The Morgan fingerprint density at radius 3 is 1.09 bits per heavy atom. The summed E-state index contributed by atoms with van der Waals surface area (Å²) in [6.45, 7) is 19.0. The van der Waals surface area contributed by atoms with Gasteiger partial charge in [-0.25, -0.2) is 0 Å². The van der Waals surface area contributed by atoms with Crippen molar-refractivity contribution in [3.05, 3.63) is 41.2 Å². The van der Waals surface area contributed by atoms with E-state index in [1.54, 1.807) is 33.4 Å². The minimum absolute atomic E-state index is 0.637. The first kappa shape index (κ1) is 18.2. The van der Waals surface area contributed by atoms with E-state index in [1.165, 1.54) is 0 Å². The van der Waals surface area contributed by atoms with Crippen LogP contribution in [-0.2, 0) is 14.0 Å². The third kappa shape index (κ3) is 2.27. The zero-order valence-electron chi connectivity index (χ0n) is 16.4. The van der Waals surface area contributed by atoms with Gasteiger partial charge in [-0.05, 0) is 0 Å². The second kappa shape index (κ2) is 5.19. The third-order valence-electron chi connectivity index (χ3n) is 7.01. The Kier molecular flexibility index (Phi) is 4.30. The SMILES string of the molecule is CC1=C(C)C(C)[C]([Ti]([CH3])([CH3])(=[SiH2])[C]2=C(C)C(C)=C(C)C2C)=C1C. The van der Waals surface area contributed by atoms with Crippen molar-refractivity contribution >= 4 is 7.63 Å². The molecule has 0 amide bonds. The van der Waals surface area contributed by atoms with Crippen molar-refractivity contribution in [1.29, 1.82) is 0 Å². The van der Waals surface area contributed by atoms with Crippen molar-refractivity contribution in [2.45, 2.75) is 65.8 Å². The number of rotatable bonds is 2. The second-order valence-electron chi connectivity index (χ2n) is 8.82. The summed E-state index contributed by atoms with van der Waals surface area (Å²) in [5, 5.41) is 5.33. The van der Waals surface area contributed by atoms with Gasteiger partial charge in [0.2, 0.25) is 0 Å². The molecule has 0 heterocycles. The Balaban J connectivity index is 2.74. The van der Waals surface area contributed by atoms with Crippen LogP contribution < -0.4 is 0 Å². The molecule has 122 valence electrons.